The van der Waals surface area contributed by atoms with E-state index in [1.54, 1.807) is 0 Å². The molecular weight excluding hydrogens is 364 g/mol. The number of hydrogen-bond acceptors (Lipinski definition) is 3. The van der Waals surface area contributed by atoms with Crippen molar-refractivity contribution in [2.75, 3.05) is 13.2 Å². The number of hydrogen-bond donors (Lipinski definition) is 1. The van der Waals surface area contributed by atoms with Gasteiger partial charge < -0.3 is 14.3 Å². The predicted octanol–water partition coefficient (Wildman–Crippen LogP) is 6.88. The van der Waals surface area contributed by atoms with Gasteiger partial charge in [0.25, 0.3) is 0 Å². The van der Waals surface area contributed by atoms with Crippen molar-refractivity contribution >= 4 is 8.32 Å². The minimum Gasteiger partial charge on any atom is -0.410 e. The van der Waals surface area contributed by atoms with Gasteiger partial charge in [-0.2, -0.15) is 0 Å². The molecule has 166 valence electrons. The maximum atomic E-state index is 10.5. The molecule has 0 fully saturated rings. The first-order chi connectivity index (χ1) is 13.4. The van der Waals surface area contributed by atoms with Crippen LogP contribution in [-0.2, 0) is 9.16 Å². The number of unbranched alkanes of at least 4 members (excludes halogenated alkanes) is 1. The molecule has 0 aliphatic heterocycles. The number of ether oxygens (including phenoxy) is 1. The minimum atomic E-state index is -1.74. The lowest BCUT2D eigenvalue weighted by atomic mass is 9.97. The van der Waals surface area contributed by atoms with Crippen molar-refractivity contribution in [3.8, 4) is 0 Å². The molecule has 0 saturated carbocycles. The van der Waals surface area contributed by atoms with Crippen molar-refractivity contribution in [3.63, 3.8) is 0 Å². The maximum absolute atomic E-state index is 10.5. The van der Waals surface area contributed by atoms with E-state index < -0.39 is 8.32 Å². The fraction of sp³-hybridized carbons (Fsp3) is 0.833. The van der Waals surface area contributed by atoms with Gasteiger partial charge in [-0.1, -0.05) is 59.3 Å². The molecule has 28 heavy (non-hydrogen) atoms. The summed E-state index contributed by atoms with van der Waals surface area (Å²) in [5, 5.41) is 10.5. The summed E-state index contributed by atoms with van der Waals surface area (Å²) in [7, 11) is -1.74. The summed E-state index contributed by atoms with van der Waals surface area (Å²) in [6, 6.07) is 3.39. The van der Waals surface area contributed by atoms with Crippen LogP contribution in [0.4, 0.5) is 0 Å². The Balaban J connectivity index is 5.31. The zero-order chi connectivity index (χ0) is 21.4. The molecule has 0 saturated heterocycles. The Bertz CT molecular complexity index is 421. The molecule has 0 spiro atoms. The van der Waals surface area contributed by atoms with Crippen LogP contribution in [0.3, 0.4) is 0 Å². The monoisotopic (exact) mass is 412 g/mol. The van der Waals surface area contributed by atoms with Gasteiger partial charge in [-0.15, -0.1) is 0 Å². The highest BCUT2D eigenvalue weighted by Gasteiger charge is 2.33. The standard InChI is InChI=1S/C24H48O3Si/c1-8-14-16-23(25)19-24(27-28(11-4,12-5)13-6)21(7)18-22(10-3)20-26-17-15-9-2/h8,14,18,22-25H,9-13,15-17,19-20H2,1-7H3/b14-8-,21-18-/t22-,23+,24+/m1/s1. The minimum absolute atomic E-state index is 0.0106. The summed E-state index contributed by atoms with van der Waals surface area (Å²) in [4.78, 5) is 0. The number of aliphatic hydroxyl groups excluding tert-OH is 1. The quantitative estimate of drug-likeness (QED) is 0.161. The van der Waals surface area contributed by atoms with Crippen LogP contribution in [0.1, 0.15) is 80.6 Å². The van der Waals surface area contributed by atoms with Crippen LogP contribution < -0.4 is 0 Å². The van der Waals surface area contributed by atoms with Gasteiger partial charge >= 0.3 is 0 Å². The third kappa shape index (κ3) is 10.9. The van der Waals surface area contributed by atoms with E-state index in [1.807, 2.05) is 19.1 Å². The lowest BCUT2D eigenvalue weighted by molar-refractivity contribution is 0.101. The third-order valence-electron chi connectivity index (χ3n) is 5.96. The molecule has 0 bridgehead atoms. The van der Waals surface area contributed by atoms with Gasteiger partial charge in [0, 0.05) is 18.9 Å². The Hall–Kier alpha value is -0.423. The van der Waals surface area contributed by atoms with Crippen molar-refractivity contribution < 1.29 is 14.3 Å². The fourth-order valence-electron chi connectivity index (χ4n) is 3.51. The second-order valence-electron chi connectivity index (χ2n) is 8.05. The Morgan fingerprint density at radius 3 is 2.21 bits per heavy atom. The first-order valence-electron chi connectivity index (χ1n) is 11.6. The average molecular weight is 413 g/mol. The van der Waals surface area contributed by atoms with E-state index in [2.05, 4.69) is 47.6 Å². The molecule has 3 nitrogen and oxygen atoms in total. The normalized spacial score (nSPS) is 16.5. The number of rotatable bonds is 17. The highest BCUT2D eigenvalue weighted by atomic mass is 28.4. The first kappa shape index (κ1) is 27.6. The van der Waals surface area contributed by atoms with Gasteiger partial charge in [-0.05, 0) is 56.8 Å². The SMILES string of the molecule is C/C=C\C[C@H](O)C[C@H](O[Si](CC)(CC)CC)/C(C)=C\[C@@H](CC)COCCCC. The number of aliphatic hydroxyl groups is 1. The van der Waals surface area contributed by atoms with Gasteiger partial charge in [-0.3, -0.25) is 0 Å². The molecule has 0 rings (SSSR count). The Labute approximate surface area is 176 Å². The average Bonchev–Trinajstić information content (AvgIpc) is 2.71. The van der Waals surface area contributed by atoms with Crippen molar-refractivity contribution in [1.29, 1.82) is 0 Å². The summed E-state index contributed by atoms with van der Waals surface area (Å²) in [5.74, 6) is 0.414. The van der Waals surface area contributed by atoms with Crippen LogP contribution in [0.2, 0.25) is 18.1 Å². The van der Waals surface area contributed by atoms with Crippen LogP contribution in [0.25, 0.3) is 0 Å². The molecule has 0 aliphatic rings. The van der Waals surface area contributed by atoms with Crippen LogP contribution in [0, 0.1) is 5.92 Å². The van der Waals surface area contributed by atoms with E-state index in [0.29, 0.717) is 18.8 Å². The second kappa shape index (κ2) is 16.4. The lowest BCUT2D eigenvalue weighted by Crippen LogP contribution is -2.41. The topological polar surface area (TPSA) is 38.7 Å². The molecular formula is C24H48O3Si. The molecule has 0 aromatic carbocycles. The summed E-state index contributed by atoms with van der Waals surface area (Å²) in [5.41, 5.74) is 1.26. The summed E-state index contributed by atoms with van der Waals surface area (Å²) in [6.45, 7) is 17.0. The highest BCUT2D eigenvalue weighted by molar-refractivity contribution is 6.73. The van der Waals surface area contributed by atoms with Crippen molar-refractivity contribution in [3.05, 3.63) is 23.8 Å². The summed E-state index contributed by atoms with van der Waals surface area (Å²) in [6.07, 6.45) is 10.8. The van der Waals surface area contributed by atoms with E-state index in [1.165, 1.54) is 12.0 Å². The lowest BCUT2D eigenvalue weighted by Gasteiger charge is -2.35. The molecule has 4 heteroatoms. The first-order valence-corrected chi connectivity index (χ1v) is 14.2. The van der Waals surface area contributed by atoms with E-state index in [4.69, 9.17) is 9.16 Å². The molecule has 0 amide bonds. The van der Waals surface area contributed by atoms with E-state index in [-0.39, 0.29) is 12.2 Å². The molecule has 0 radical (unpaired) electrons. The second-order valence-corrected chi connectivity index (χ2v) is 12.8. The molecule has 0 aromatic rings. The maximum Gasteiger partial charge on any atom is 0.192 e. The van der Waals surface area contributed by atoms with Gasteiger partial charge in [-0.25, -0.2) is 0 Å². The van der Waals surface area contributed by atoms with Crippen LogP contribution in [0.5, 0.6) is 0 Å². The van der Waals surface area contributed by atoms with Crippen LogP contribution in [-0.4, -0.2) is 38.8 Å². The third-order valence-corrected chi connectivity index (χ3v) is 10.6. The zero-order valence-electron chi connectivity index (χ0n) is 19.8. The van der Waals surface area contributed by atoms with Gasteiger partial charge in [0.2, 0.25) is 0 Å². The van der Waals surface area contributed by atoms with Crippen molar-refractivity contribution in [2.45, 2.75) is 111 Å². The summed E-state index contributed by atoms with van der Waals surface area (Å²) < 4.78 is 12.7. The van der Waals surface area contributed by atoms with Gasteiger partial charge in [0.1, 0.15) is 0 Å². The smallest absolute Gasteiger partial charge is 0.192 e. The van der Waals surface area contributed by atoms with Crippen molar-refractivity contribution in [2.24, 2.45) is 5.92 Å². The van der Waals surface area contributed by atoms with Crippen LogP contribution in [0.15, 0.2) is 23.8 Å². The zero-order valence-corrected chi connectivity index (χ0v) is 20.8. The molecule has 0 heterocycles. The largest absolute Gasteiger partial charge is 0.410 e. The Morgan fingerprint density at radius 2 is 1.71 bits per heavy atom. The Kier molecular flexibility index (Phi) is 16.1. The summed E-state index contributed by atoms with van der Waals surface area (Å²) >= 11 is 0. The van der Waals surface area contributed by atoms with Crippen molar-refractivity contribution in [1.82, 2.24) is 0 Å². The fourth-order valence-corrected chi connectivity index (χ4v) is 6.39. The van der Waals surface area contributed by atoms with Gasteiger partial charge in [0.15, 0.2) is 8.32 Å². The molecule has 3 atom stereocenters. The van der Waals surface area contributed by atoms with E-state index in [9.17, 15) is 5.11 Å². The van der Waals surface area contributed by atoms with Gasteiger partial charge in [0.05, 0.1) is 18.8 Å². The predicted molar refractivity (Wildman–Crippen MR) is 125 cm³/mol. The highest BCUT2D eigenvalue weighted by Crippen LogP contribution is 2.28. The molecule has 0 aromatic heterocycles. The molecule has 0 unspecified atom stereocenters. The van der Waals surface area contributed by atoms with E-state index >= 15 is 0 Å². The van der Waals surface area contributed by atoms with Crippen LogP contribution >= 0.6 is 0 Å². The van der Waals surface area contributed by atoms with E-state index in [0.717, 1.165) is 44.2 Å². The Morgan fingerprint density at radius 1 is 1.07 bits per heavy atom. The number of allylic oxidation sites excluding steroid dienone is 1. The molecule has 1 N–H and O–H groups in total. The molecule has 0 aliphatic carbocycles.